The molecule has 2 aliphatic rings. The molecule has 8 heteroatoms. The van der Waals surface area contributed by atoms with E-state index in [1.165, 1.54) is 28.6 Å². The van der Waals surface area contributed by atoms with Gasteiger partial charge in [0, 0.05) is 25.8 Å². The van der Waals surface area contributed by atoms with Crippen LogP contribution < -0.4 is 0 Å². The highest BCUT2D eigenvalue weighted by Crippen LogP contribution is 2.38. The van der Waals surface area contributed by atoms with E-state index in [9.17, 15) is 17.6 Å². The highest BCUT2D eigenvalue weighted by molar-refractivity contribution is 7.89. The Kier molecular flexibility index (Phi) is 4.04. The van der Waals surface area contributed by atoms with Crippen LogP contribution in [0.25, 0.3) is 0 Å². The minimum atomic E-state index is -3.70. The number of hydrogen-bond acceptors (Lipinski definition) is 4. The lowest BCUT2D eigenvalue weighted by molar-refractivity contribution is 0.0628. The Bertz CT molecular complexity index is 976. The molecular weight excluding hydrogens is 357 g/mol. The number of rotatable bonds is 3. The number of piperazine rings is 1. The van der Waals surface area contributed by atoms with Gasteiger partial charge in [-0.2, -0.15) is 4.31 Å². The van der Waals surface area contributed by atoms with Gasteiger partial charge in [0.05, 0.1) is 22.2 Å². The molecule has 1 fully saturated rings. The van der Waals surface area contributed by atoms with Gasteiger partial charge in [-0.3, -0.25) is 9.78 Å². The third-order valence-corrected chi connectivity index (χ3v) is 6.94. The summed E-state index contributed by atoms with van der Waals surface area (Å²) in [4.78, 5) is 18.7. The fourth-order valence-corrected chi connectivity index (χ4v) is 5.11. The van der Waals surface area contributed by atoms with E-state index in [0.717, 1.165) is 5.56 Å². The first-order valence-corrected chi connectivity index (χ1v) is 9.79. The number of benzene rings is 1. The molecule has 2 aromatic rings. The molecule has 26 heavy (non-hydrogen) atoms. The first-order valence-electron chi connectivity index (χ1n) is 8.35. The van der Waals surface area contributed by atoms with Gasteiger partial charge in [0.25, 0.3) is 5.91 Å². The number of halogens is 1. The summed E-state index contributed by atoms with van der Waals surface area (Å²) in [7, 11) is -3.70. The van der Waals surface area contributed by atoms with Crippen molar-refractivity contribution in [2.24, 2.45) is 0 Å². The number of nitrogens with zero attached hydrogens (tertiary/aromatic N) is 3. The second kappa shape index (κ2) is 6.14. The van der Waals surface area contributed by atoms with Crippen molar-refractivity contribution < 1.29 is 17.6 Å². The lowest BCUT2D eigenvalue weighted by atomic mass is 10.0. The van der Waals surface area contributed by atoms with Gasteiger partial charge in [0.2, 0.25) is 10.0 Å². The van der Waals surface area contributed by atoms with Gasteiger partial charge in [-0.05, 0) is 36.2 Å². The number of aromatic nitrogens is 1. The Morgan fingerprint density at radius 1 is 1.19 bits per heavy atom. The van der Waals surface area contributed by atoms with Crippen molar-refractivity contribution in [2.45, 2.75) is 24.5 Å². The second-order valence-corrected chi connectivity index (χ2v) is 8.45. The molecule has 0 aliphatic carbocycles. The second-order valence-electron chi connectivity index (χ2n) is 6.52. The molecule has 1 saturated heterocycles. The number of carbonyl (C=O) groups is 1. The van der Waals surface area contributed by atoms with Crippen molar-refractivity contribution in [3.05, 3.63) is 58.9 Å². The summed E-state index contributed by atoms with van der Waals surface area (Å²) < 4.78 is 40.0. The first kappa shape index (κ1) is 17.1. The smallest absolute Gasteiger partial charge is 0.256 e. The molecule has 136 valence electrons. The van der Waals surface area contributed by atoms with Crippen LogP contribution in [0.1, 0.15) is 33.2 Å². The zero-order valence-electron chi connectivity index (χ0n) is 14.2. The maximum Gasteiger partial charge on any atom is 0.256 e. The predicted molar refractivity (Wildman–Crippen MR) is 92.8 cm³/mol. The van der Waals surface area contributed by atoms with Crippen molar-refractivity contribution in [3.63, 3.8) is 0 Å². The van der Waals surface area contributed by atoms with E-state index < -0.39 is 16.7 Å². The fraction of sp³-hybridized carbons (Fsp3) is 0.333. The van der Waals surface area contributed by atoms with Gasteiger partial charge >= 0.3 is 0 Å². The summed E-state index contributed by atoms with van der Waals surface area (Å²) in [6.45, 7) is 1.92. The van der Waals surface area contributed by atoms with E-state index in [2.05, 4.69) is 4.98 Å². The van der Waals surface area contributed by atoms with E-state index in [1.807, 2.05) is 0 Å². The molecule has 6 nitrogen and oxygen atoms in total. The number of amides is 1. The number of carbonyl (C=O) groups excluding carboxylic acids is 1. The summed E-state index contributed by atoms with van der Waals surface area (Å²) in [5.41, 5.74) is 2.52. The fourth-order valence-electron chi connectivity index (χ4n) is 3.67. The van der Waals surface area contributed by atoms with Gasteiger partial charge in [0.15, 0.2) is 0 Å². The van der Waals surface area contributed by atoms with Crippen LogP contribution in [0.2, 0.25) is 0 Å². The number of aryl methyl sites for hydroxylation is 1. The van der Waals surface area contributed by atoms with Crippen LogP contribution >= 0.6 is 0 Å². The molecule has 1 aromatic carbocycles. The van der Waals surface area contributed by atoms with Crippen LogP contribution in [0.5, 0.6) is 0 Å². The molecule has 1 aromatic heterocycles. The molecule has 1 amide bonds. The van der Waals surface area contributed by atoms with Crippen LogP contribution in [0.15, 0.2) is 41.4 Å². The van der Waals surface area contributed by atoms with Crippen LogP contribution in [0.3, 0.4) is 0 Å². The lowest BCUT2D eigenvalue weighted by Crippen LogP contribution is -2.49. The topological polar surface area (TPSA) is 70.6 Å². The Morgan fingerprint density at radius 3 is 2.62 bits per heavy atom. The van der Waals surface area contributed by atoms with Crippen LogP contribution in [-0.2, 0) is 16.7 Å². The Balaban J connectivity index is 1.66. The summed E-state index contributed by atoms with van der Waals surface area (Å²) in [6.07, 6.45) is 1.65. The molecular formula is C18H18FN3O3S. The largest absolute Gasteiger partial charge is 0.329 e. The quantitative estimate of drug-likeness (QED) is 0.823. The highest BCUT2D eigenvalue weighted by Gasteiger charge is 2.44. The number of sulfonamides is 1. The lowest BCUT2D eigenvalue weighted by Gasteiger charge is -2.37. The molecule has 0 saturated carbocycles. The zero-order valence-corrected chi connectivity index (χ0v) is 15.0. The molecule has 0 bridgehead atoms. The summed E-state index contributed by atoms with van der Waals surface area (Å²) in [5.74, 6) is -0.0834. The average molecular weight is 375 g/mol. The van der Waals surface area contributed by atoms with E-state index >= 15 is 0 Å². The van der Waals surface area contributed by atoms with Crippen LogP contribution in [-0.4, -0.2) is 48.1 Å². The van der Waals surface area contributed by atoms with Crippen molar-refractivity contribution in [3.8, 4) is 0 Å². The molecule has 1 atom stereocenters. The number of pyridine rings is 1. The van der Waals surface area contributed by atoms with Gasteiger partial charge < -0.3 is 4.90 Å². The third-order valence-electron chi connectivity index (χ3n) is 5.07. The minimum absolute atomic E-state index is 0.0834. The molecule has 0 spiro atoms. The van der Waals surface area contributed by atoms with Crippen molar-refractivity contribution in [1.82, 2.24) is 14.2 Å². The molecule has 4 rings (SSSR count). The van der Waals surface area contributed by atoms with E-state index in [-0.39, 0.29) is 29.9 Å². The number of hydrogen-bond donors (Lipinski definition) is 0. The number of fused-ring (bicyclic) bond motifs is 3. The zero-order chi connectivity index (χ0) is 18.5. The standard InChI is InChI=1S/C18H18FN3O3S/c1-12-17-15(6-7-20-12)16-11-21(8-9-22(16)18(17)23)26(24,25)14-4-2-13(10-19)3-5-14/h2-7,16H,8-11H2,1H3. The molecule has 2 aliphatic heterocycles. The molecule has 1 unspecified atom stereocenters. The van der Waals surface area contributed by atoms with Crippen molar-refractivity contribution in [2.75, 3.05) is 19.6 Å². The van der Waals surface area contributed by atoms with Gasteiger partial charge in [0.1, 0.15) is 6.67 Å². The van der Waals surface area contributed by atoms with Gasteiger partial charge in [-0.25, -0.2) is 12.8 Å². The maximum absolute atomic E-state index is 13.0. The normalized spacial score (nSPS) is 20.2. The van der Waals surface area contributed by atoms with Crippen LogP contribution in [0, 0.1) is 6.92 Å². The van der Waals surface area contributed by atoms with E-state index in [0.29, 0.717) is 23.4 Å². The highest BCUT2D eigenvalue weighted by atomic mass is 32.2. The first-order chi connectivity index (χ1) is 12.4. The summed E-state index contributed by atoms with van der Waals surface area (Å²) in [6, 6.07) is 7.31. The molecule has 3 heterocycles. The maximum atomic E-state index is 13.0. The Hall–Kier alpha value is -2.32. The summed E-state index contributed by atoms with van der Waals surface area (Å²) >= 11 is 0. The van der Waals surface area contributed by atoms with E-state index in [1.54, 1.807) is 24.1 Å². The number of alkyl halides is 1. The predicted octanol–water partition coefficient (Wildman–Crippen LogP) is 2.06. The van der Waals surface area contributed by atoms with Crippen molar-refractivity contribution >= 4 is 15.9 Å². The third kappa shape index (κ3) is 2.52. The molecule has 0 radical (unpaired) electrons. The average Bonchev–Trinajstić information content (AvgIpc) is 2.95. The van der Waals surface area contributed by atoms with E-state index in [4.69, 9.17) is 0 Å². The SMILES string of the molecule is Cc1nccc2c1C(=O)N1CCN(S(=O)(=O)c3ccc(CF)cc3)CC21. The van der Waals surface area contributed by atoms with Gasteiger partial charge in [-0.1, -0.05) is 12.1 Å². The Morgan fingerprint density at radius 2 is 1.92 bits per heavy atom. The Labute approximate surface area is 151 Å². The van der Waals surface area contributed by atoms with Crippen LogP contribution in [0.4, 0.5) is 4.39 Å². The van der Waals surface area contributed by atoms with Crippen molar-refractivity contribution in [1.29, 1.82) is 0 Å². The molecule has 0 N–H and O–H groups in total. The monoisotopic (exact) mass is 375 g/mol. The van der Waals surface area contributed by atoms with Gasteiger partial charge in [-0.15, -0.1) is 0 Å². The summed E-state index contributed by atoms with van der Waals surface area (Å²) in [5, 5.41) is 0. The minimum Gasteiger partial charge on any atom is -0.329 e.